The number of pyridine rings is 1. The number of allylic oxidation sites excluding steroid dienone is 2. The first kappa shape index (κ1) is 8.34. The highest BCUT2D eigenvalue weighted by Crippen LogP contribution is 2.13. The van der Waals surface area contributed by atoms with Crippen LogP contribution in [0.3, 0.4) is 0 Å². The molecule has 4 heteroatoms. The minimum Gasteiger partial charge on any atom is -0.588 e. The maximum absolute atomic E-state index is 11.1. The molecule has 0 amide bonds. The van der Waals surface area contributed by atoms with Crippen molar-refractivity contribution in [1.82, 2.24) is 9.71 Å². The average Bonchev–Trinajstić information content (AvgIpc) is 2.19. The van der Waals surface area contributed by atoms with Crippen LogP contribution in [0.1, 0.15) is 5.69 Å². The zero-order chi connectivity index (χ0) is 9.10. The fraction of sp³-hybridized carbons (Fsp3) is 0. The molecule has 1 aliphatic rings. The van der Waals surface area contributed by atoms with Crippen LogP contribution in [0.2, 0.25) is 0 Å². The van der Waals surface area contributed by atoms with Gasteiger partial charge in [-0.25, -0.2) is 4.72 Å². The van der Waals surface area contributed by atoms with Crippen molar-refractivity contribution < 1.29 is 4.55 Å². The Labute approximate surface area is 79.5 Å². The van der Waals surface area contributed by atoms with E-state index >= 15 is 0 Å². The first-order valence-electron chi connectivity index (χ1n) is 3.83. The zero-order valence-electron chi connectivity index (χ0n) is 6.81. The van der Waals surface area contributed by atoms with Crippen LogP contribution in [0, 0.1) is 0 Å². The average molecular weight is 192 g/mol. The molecule has 0 bridgehead atoms. The van der Waals surface area contributed by atoms with E-state index in [0.29, 0.717) is 0 Å². The molecular weight excluding hydrogens is 184 g/mol. The van der Waals surface area contributed by atoms with Crippen molar-refractivity contribution in [1.29, 1.82) is 0 Å². The van der Waals surface area contributed by atoms with E-state index in [9.17, 15) is 4.55 Å². The Morgan fingerprint density at radius 2 is 2.31 bits per heavy atom. The molecule has 1 atom stereocenters. The third kappa shape index (κ3) is 1.91. The van der Waals surface area contributed by atoms with Gasteiger partial charge in [0.05, 0.1) is 17.1 Å². The smallest absolute Gasteiger partial charge is 0.144 e. The van der Waals surface area contributed by atoms with Crippen LogP contribution < -0.4 is 4.72 Å². The van der Waals surface area contributed by atoms with E-state index in [-0.39, 0.29) is 0 Å². The summed E-state index contributed by atoms with van der Waals surface area (Å²) in [6.07, 6.45) is 5.32. The largest absolute Gasteiger partial charge is 0.588 e. The second-order valence-corrected chi connectivity index (χ2v) is 3.59. The summed E-state index contributed by atoms with van der Waals surface area (Å²) in [7, 11) is 0. The Bertz CT molecular complexity index is 348. The number of hydrogen-bond acceptors (Lipinski definition) is 3. The van der Waals surface area contributed by atoms with Crippen molar-refractivity contribution in [2.45, 2.75) is 0 Å². The van der Waals surface area contributed by atoms with Gasteiger partial charge in [-0.1, -0.05) is 6.07 Å². The lowest BCUT2D eigenvalue weighted by Gasteiger charge is -2.12. The molecule has 0 saturated carbocycles. The Kier molecular flexibility index (Phi) is 2.33. The molecule has 1 aromatic heterocycles. The maximum Gasteiger partial charge on any atom is 0.144 e. The predicted octanol–water partition coefficient (Wildman–Crippen LogP) is 1.20. The molecule has 1 aromatic rings. The van der Waals surface area contributed by atoms with Crippen LogP contribution in [0.5, 0.6) is 0 Å². The van der Waals surface area contributed by atoms with Crippen molar-refractivity contribution in [3.63, 3.8) is 0 Å². The highest BCUT2D eigenvalue weighted by atomic mass is 32.2. The summed E-state index contributed by atoms with van der Waals surface area (Å²) >= 11 is -1.11. The topological polar surface area (TPSA) is 48.0 Å². The van der Waals surface area contributed by atoms with Gasteiger partial charge < -0.3 is 4.55 Å². The number of nitrogens with zero attached hydrogens (tertiary/aromatic N) is 1. The van der Waals surface area contributed by atoms with Gasteiger partial charge in [0, 0.05) is 6.20 Å². The standard InChI is InChI=1S/C9H8N2OS/c12-13-7-3-5-9(11-13)8-4-1-2-6-10-8/h1-7,11H. The van der Waals surface area contributed by atoms with Crippen LogP contribution >= 0.6 is 0 Å². The Balaban J connectivity index is 2.28. The summed E-state index contributed by atoms with van der Waals surface area (Å²) in [5.41, 5.74) is 1.60. The Hall–Kier alpha value is -1.26. The monoisotopic (exact) mass is 192 g/mol. The van der Waals surface area contributed by atoms with Crippen molar-refractivity contribution in [2.75, 3.05) is 0 Å². The molecule has 0 saturated heterocycles. The lowest BCUT2D eigenvalue weighted by Crippen LogP contribution is -2.22. The van der Waals surface area contributed by atoms with E-state index in [4.69, 9.17) is 0 Å². The summed E-state index contributed by atoms with van der Waals surface area (Å²) in [4.78, 5) is 4.14. The Morgan fingerprint density at radius 3 is 3.00 bits per heavy atom. The van der Waals surface area contributed by atoms with Gasteiger partial charge in [0.15, 0.2) is 0 Å². The lowest BCUT2D eigenvalue weighted by molar-refractivity contribution is 0.599. The first-order chi connectivity index (χ1) is 6.36. The van der Waals surface area contributed by atoms with Crippen LogP contribution in [-0.4, -0.2) is 9.54 Å². The third-order valence-electron chi connectivity index (χ3n) is 1.62. The van der Waals surface area contributed by atoms with Gasteiger partial charge in [-0.2, -0.15) is 0 Å². The highest BCUT2D eigenvalue weighted by molar-refractivity contribution is 7.92. The van der Waals surface area contributed by atoms with E-state index < -0.39 is 11.4 Å². The minimum absolute atomic E-state index is 0.793. The number of rotatable bonds is 1. The van der Waals surface area contributed by atoms with Gasteiger partial charge in [0.25, 0.3) is 0 Å². The molecule has 2 rings (SSSR count). The summed E-state index contributed by atoms with van der Waals surface area (Å²) in [5, 5.41) is 1.59. The first-order valence-corrected chi connectivity index (χ1v) is 5.05. The molecule has 0 aromatic carbocycles. The molecule has 3 nitrogen and oxygen atoms in total. The van der Waals surface area contributed by atoms with E-state index in [0.717, 1.165) is 11.4 Å². The molecule has 1 aliphatic heterocycles. The van der Waals surface area contributed by atoms with Crippen molar-refractivity contribution in [3.05, 3.63) is 47.6 Å². The number of nitrogens with one attached hydrogen (secondary N) is 1. The molecule has 0 radical (unpaired) electrons. The molecule has 13 heavy (non-hydrogen) atoms. The number of aromatic nitrogens is 1. The fourth-order valence-corrected chi connectivity index (χ4v) is 1.72. The SMILES string of the molecule is [O-][S+]1C=CC=C(c2ccccn2)N1. The maximum atomic E-state index is 11.1. The molecular formula is C9H8N2OS. The van der Waals surface area contributed by atoms with Gasteiger partial charge >= 0.3 is 0 Å². The summed E-state index contributed by atoms with van der Waals surface area (Å²) in [6.45, 7) is 0. The molecule has 1 unspecified atom stereocenters. The van der Waals surface area contributed by atoms with Gasteiger partial charge in [-0.05, 0) is 24.3 Å². The minimum atomic E-state index is -1.11. The summed E-state index contributed by atoms with van der Waals surface area (Å²) in [5.74, 6) is 0. The third-order valence-corrected chi connectivity index (χ3v) is 2.44. The summed E-state index contributed by atoms with van der Waals surface area (Å²) in [6, 6.07) is 5.61. The Morgan fingerprint density at radius 1 is 1.38 bits per heavy atom. The molecule has 1 N–H and O–H groups in total. The van der Waals surface area contributed by atoms with Crippen LogP contribution in [0.4, 0.5) is 0 Å². The molecule has 0 spiro atoms. The van der Waals surface area contributed by atoms with Gasteiger partial charge in [0.1, 0.15) is 11.1 Å². The van der Waals surface area contributed by atoms with Crippen molar-refractivity contribution in [2.24, 2.45) is 0 Å². The summed E-state index contributed by atoms with van der Waals surface area (Å²) < 4.78 is 13.9. The van der Waals surface area contributed by atoms with Crippen molar-refractivity contribution >= 4 is 17.1 Å². The van der Waals surface area contributed by atoms with E-state index in [2.05, 4.69) is 9.71 Å². The predicted molar refractivity (Wildman–Crippen MR) is 52.6 cm³/mol. The van der Waals surface area contributed by atoms with Crippen LogP contribution in [-0.2, 0) is 11.4 Å². The fourth-order valence-electron chi connectivity index (χ4n) is 1.04. The second-order valence-electron chi connectivity index (χ2n) is 2.52. The van der Waals surface area contributed by atoms with Crippen molar-refractivity contribution in [3.8, 4) is 0 Å². The molecule has 0 aliphatic carbocycles. The zero-order valence-corrected chi connectivity index (χ0v) is 7.62. The van der Waals surface area contributed by atoms with Gasteiger partial charge in [-0.15, -0.1) is 0 Å². The van der Waals surface area contributed by atoms with Crippen LogP contribution in [0.25, 0.3) is 5.70 Å². The number of hydrogen-bond donors (Lipinski definition) is 1. The molecule has 0 fully saturated rings. The second kappa shape index (κ2) is 3.64. The highest BCUT2D eigenvalue weighted by Gasteiger charge is 2.11. The normalized spacial score (nSPS) is 20.7. The quantitative estimate of drug-likeness (QED) is 0.680. The van der Waals surface area contributed by atoms with Crippen LogP contribution in [0.15, 0.2) is 42.0 Å². The molecule has 2 heterocycles. The van der Waals surface area contributed by atoms with E-state index in [1.54, 1.807) is 17.7 Å². The molecule has 66 valence electrons. The van der Waals surface area contributed by atoms with Gasteiger partial charge in [-0.3, -0.25) is 4.98 Å². The van der Waals surface area contributed by atoms with E-state index in [1.165, 1.54) is 0 Å². The van der Waals surface area contributed by atoms with Gasteiger partial charge in [0.2, 0.25) is 0 Å². The lowest BCUT2D eigenvalue weighted by atomic mass is 10.2. The van der Waals surface area contributed by atoms with E-state index in [1.807, 2.05) is 24.3 Å².